The number of rotatable bonds is 7. The number of nitro groups is 1. The van der Waals surface area contributed by atoms with Crippen LogP contribution in [0.15, 0.2) is 42.5 Å². The summed E-state index contributed by atoms with van der Waals surface area (Å²) in [6.45, 7) is -0.611. The molecular formula is C17H16N2O7. The second-order valence-corrected chi connectivity index (χ2v) is 4.96. The van der Waals surface area contributed by atoms with Gasteiger partial charge in [0.15, 0.2) is 6.61 Å². The van der Waals surface area contributed by atoms with E-state index in [2.05, 4.69) is 5.32 Å². The van der Waals surface area contributed by atoms with Gasteiger partial charge in [0.1, 0.15) is 22.7 Å². The van der Waals surface area contributed by atoms with Crippen molar-refractivity contribution in [3.05, 3.63) is 58.1 Å². The van der Waals surface area contributed by atoms with Gasteiger partial charge in [-0.25, -0.2) is 4.79 Å². The van der Waals surface area contributed by atoms with Crippen molar-refractivity contribution in [1.29, 1.82) is 0 Å². The summed E-state index contributed by atoms with van der Waals surface area (Å²) in [5, 5.41) is 13.4. The van der Waals surface area contributed by atoms with Gasteiger partial charge < -0.3 is 19.5 Å². The molecule has 0 heterocycles. The predicted molar refractivity (Wildman–Crippen MR) is 91.6 cm³/mol. The fourth-order valence-corrected chi connectivity index (χ4v) is 2.10. The molecule has 0 radical (unpaired) electrons. The second kappa shape index (κ2) is 8.47. The van der Waals surface area contributed by atoms with Crippen LogP contribution in [-0.2, 0) is 9.53 Å². The number of amides is 1. The van der Waals surface area contributed by atoms with Crippen LogP contribution >= 0.6 is 0 Å². The summed E-state index contributed by atoms with van der Waals surface area (Å²) >= 11 is 0. The number of nitrogens with zero attached hydrogens (tertiary/aromatic N) is 1. The van der Waals surface area contributed by atoms with E-state index in [1.807, 2.05) is 0 Å². The Morgan fingerprint density at radius 3 is 2.50 bits per heavy atom. The Bertz CT molecular complexity index is 836. The number of hydrogen-bond acceptors (Lipinski definition) is 7. The van der Waals surface area contributed by atoms with E-state index in [-0.39, 0.29) is 22.7 Å². The Kier molecular flexibility index (Phi) is 6.10. The molecule has 2 rings (SSSR count). The molecular weight excluding hydrogens is 344 g/mol. The summed E-state index contributed by atoms with van der Waals surface area (Å²) < 4.78 is 14.9. The van der Waals surface area contributed by atoms with Crippen LogP contribution in [-0.4, -0.2) is 37.6 Å². The lowest BCUT2D eigenvalue weighted by molar-refractivity contribution is -0.384. The first-order valence-corrected chi connectivity index (χ1v) is 7.38. The van der Waals surface area contributed by atoms with Crippen LogP contribution in [0.25, 0.3) is 0 Å². The summed E-state index contributed by atoms with van der Waals surface area (Å²) in [7, 11) is 2.77. The van der Waals surface area contributed by atoms with Crippen molar-refractivity contribution in [2.24, 2.45) is 0 Å². The molecule has 0 aliphatic heterocycles. The highest BCUT2D eigenvalue weighted by molar-refractivity contribution is 5.97. The molecule has 0 saturated carbocycles. The van der Waals surface area contributed by atoms with Crippen molar-refractivity contribution in [2.45, 2.75) is 0 Å². The van der Waals surface area contributed by atoms with Crippen LogP contribution in [0, 0.1) is 10.1 Å². The van der Waals surface area contributed by atoms with Crippen LogP contribution in [0.2, 0.25) is 0 Å². The van der Waals surface area contributed by atoms with Crippen molar-refractivity contribution in [1.82, 2.24) is 0 Å². The molecule has 2 aromatic rings. The molecule has 136 valence electrons. The minimum Gasteiger partial charge on any atom is -0.496 e. The Balaban J connectivity index is 2.03. The molecule has 0 aliphatic carbocycles. The molecule has 0 atom stereocenters. The highest BCUT2D eigenvalue weighted by atomic mass is 16.6. The number of nitrogens with one attached hydrogen (secondary N) is 1. The van der Waals surface area contributed by atoms with E-state index in [0.29, 0.717) is 5.75 Å². The SMILES string of the molecule is COc1ccc(NC(=O)COC(=O)c2ccccc2OC)c([N+](=O)[O-])c1. The molecule has 0 unspecified atom stereocenters. The van der Waals surface area contributed by atoms with Crippen LogP contribution < -0.4 is 14.8 Å². The Morgan fingerprint density at radius 2 is 1.85 bits per heavy atom. The van der Waals surface area contributed by atoms with Crippen LogP contribution in [0.1, 0.15) is 10.4 Å². The average molecular weight is 360 g/mol. The number of hydrogen-bond donors (Lipinski definition) is 1. The normalized spacial score (nSPS) is 9.92. The van der Waals surface area contributed by atoms with Gasteiger partial charge in [-0.3, -0.25) is 14.9 Å². The number of para-hydroxylation sites is 1. The van der Waals surface area contributed by atoms with Gasteiger partial charge in [-0.2, -0.15) is 0 Å². The van der Waals surface area contributed by atoms with E-state index in [4.69, 9.17) is 14.2 Å². The second-order valence-electron chi connectivity index (χ2n) is 4.96. The number of esters is 1. The highest BCUT2D eigenvalue weighted by Crippen LogP contribution is 2.28. The van der Waals surface area contributed by atoms with E-state index < -0.39 is 23.4 Å². The fraction of sp³-hybridized carbons (Fsp3) is 0.176. The van der Waals surface area contributed by atoms with E-state index in [1.165, 1.54) is 38.5 Å². The van der Waals surface area contributed by atoms with E-state index in [1.54, 1.807) is 18.2 Å². The summed E-state index contributed by atoms with van der Waals surface area (Å²) in [6, 6.07) is 10.4. The molecule has 1 N–H and O–H groups in total. The van der Waals surface area contributed by atoms with Gasteiger partial charge in [0.2, 0.25) is 0 Å². The lowest BCUT2D eigenvalue weighted by atomic mass is 10.2. The molecule has 0 spiro atoms. The number of methoxy groups -OCH3 is 2. The first kappa shape index (κ1) is 18.7. The van der Waals surface area contributed by atoms with Gasteiger partial charge in [0.05, 0.1) is 25.2 Å². The largest absolute Gasteiger partial charge is 0.496 e. The first-order chi connectivity index (χ1) is 12.5. The average Bonchev–Trinajstić information content (AvgIpc) is 2.66. The van der Waals surface area contributed by atoms with Gasteiger partial charge in [-0.05, 0) is 24.3 Å². The maximum atomic E-state index is 12.0. The molecule has 1 amide bonds. The zero-order chi connectivity index (χ0) is 19.1. The molecule has 9 heteroatoms. The Morgan fingerprint density at radius 1 is 1.12 bits per heavy atom. The molecule has 0 aromatic heterocycles. The third-order valence-corrected chi connectivity index (χ3v) is 3.34. The third-order valence-electron chi connectivity index (χ3n) is 3.34. The Labute approximate surface area is 148 Å². The number of ether oxygens (including phenoxy) is 3. The smallest absolute Gasteiger partial charge is 0.342 e. The monoisotopic (exact) mass is 360 g/mol. The maximum Gasteiger partial charge on any atom is 0.342 e. The lowest BCUT2D eigenvalue weighted by Gasteiger charge is -2.09. The van der Waals surface area contributed by atoms with Crippen LogP contribution in [0.4, 0.5) is 11.4 Å². The van der Waals surface area contributed by atoms with Gasteiger partial charge in [-0.1, -0.05) is 12.1 Å². The van der Waals surface area contributed by atoms with E-state index in [0.717, 1.165) is 0 Å². The fourth-order valence-electron chi connectivity index (χ4n) is 2.10. The van der Waals surface area contributed by atoms with Crippen molar-refractivity contribution in [3.8, 4) is 11.5 Å². The number of carbonyl (C=O) groups is 2. The number of benzene rings is 2. The molecule has 0 bridgehead atoms. The summed E-state index contributed by atoms with van der Waals surface area (Å²) in [5.74, 6) is -0.885. The van der Waals surface area contributed by atoms with Crippen molar-refractivity contribution in [3.63, 3.8) is 0 Å². The van der Waals surface area contributed by atoms with Gasteiger partial charge >= 0.3 is 5.97 Å². The number of anilines is 1. The third kappa shape index (κ3) is 4.47. The molecule has 0 aliphatic rings. The maximum absolute atomic E-state index is 12.0. The first-order valence-electron chi connectivity index (χ1n) is 7.38. The molecule has 26 heavy (non-hydrogen) atoms. The van der Waals surface area contributed by atoms with Gasteiger partial charge in [-0.15, -0.1) is 0 Å². The van der Waals surface area contributed by atoms with Crippen molar-refractivity contribution < 1.29 is 28.7 Å². The topological polar surface area (TPSA) is 117 Å². The molecule has 9 nitrogen and oxygen atoms in total. The molecule has 2 aromatic carbocycles. The van der Waals surface area contributed by atoms with Crippen LogP contribution in [0.5, 0.6) is 11.5 Å². The predicted octanol–water partition coefficient (Wildman–Crippen LogP) is 2.41. The lowest BCUT2D eigenvalue weighted by Crippen LogP contribution is -2.21. The van der Waals surface area contributed by atoms with Crippen molar-refractivity contribution >= 4 is 23.3 Å². The van der Waals surface area contributed by atoms with Gasteiger partial charge in [0, 0.05) is 0 Å². The summed E-state index contributed by atoms with van der Waals surface area (Å²) in [5.41, 5.74) is -0.207. The number of carbonyl (C=O) groups excluding carboxylic acids is 2. The van der Waals surface area contributed by atoms with E-state index in [9.17, 15) is 19.7 Å². The van der Waals surface area contributed by atoms with Gasteiger partial charge in [0.25, 0.3) is 11.6 Å². The number of nitro benzene ring substituents is 1. The summed E-state index contributed by atoms with van der Waals surface area (Å²) in [6.07, 6.45) is 0. The quantitative estimate of drug-likeness (QED) is 0.458. The Hall–Kier alpha value is -3.62. The molecule has 0 saturated heterocycles. The van der Waals surface area contributed by atoms with Crippen molar-refractivity contribution in [2.75, 3.05) is 26.1 Å². The standard InChI is InChI=1S/C17H16N2O7/c1-24-11-7-8-13(14(9-11)19(22)23)18-16(20)10-26-17(21)12-5-3-4-6-15(12)25-2/h3-9H,10H2,1-2H3,(H,18,20). The minimum atomic E-state index is -0.748. The zero-order valence-corrected chi connectivity index (χ0v) is 14.1. The minimum absolute atomic E-state index is 0.0332. The highest BCUT2D eigenvalue weighted by Gasteiger charge is 2.19. The van der Waals surface area contributed by atoms with E-state index >= 15 is 0 Å². The zero-order valence-electron chi connectivity index (χ0n) is 14.1. The molecule has 0 fully saturated rings. The summed E-state index contributed by atoms with van der Waals surface area (Å²) in [4.78, 5) is 34.4. The van der Waals surface area contributed by atoms with Crippen LogP contribution in [0.3, 0.4) is 0 Å².